The van der Waals surface area contributed by atoms with Crippen molar-refractivity contribution in [3.63, 3.8) is 0 Å². The first-order valence-electron chi connectivity index (χ1n) is 4.81. The SMILES string of the molecule is CCC(=O)c1cc(F)nc2ccccc12. The summed E-state index contributed by atoms with van der Waals surface area (Å²) >= 11 is 0. The number of carbonyl (C=O) groups is 1. The molecule has 0 N–H and O–H groups in total. The van der Waals surface area contributed by atoms with Crippen molar-refractivity contribution in [2.24, 2.45) is 0 Å². The number of ketones is 1. The summed E-state index contributed by atoms with van der Waals surface area (Å²) in [4.78, 5) is 15.3. The molecule has 0 atom stereocenters. The van der Waals surface area contributed by atoms with Crippen LogP contribution in [0.5, 0.6) is 0 Å². The van der Waals surface area contributed by atoms with Crippen molar-refractivity contribution in [3.8, 4) is 0 Å². The minimum absolute atomic E-state index is 0.0625. The number of fused-ring (bicyclic) bond motifs is 1. The highest BCUT2D eigenvalue weighted by Crippen LogP contribution is 2.19. The van der Waals surface area contributed by atoms with Gasteiger partial charge in [-0.3, -0.25) is 4.79 Å². The summed E-state index contributed by atoms with van der Waals surface area (Å²) in [5, 5.41) is 0.714. The fourth-order valence-electron chi connectivity index (χ4n) is 1.56. The third-order valence-electron chi connectivity index (χ3n) is 2.31. The molecule has 0 spiro atoms. The molecule has 0 aliphatic heterocycles. The van der Waals surface area contributed by atoms with Crippen molar-refractivity contribution in [2.75, 3.05) is 0 Å². The molecule has 0 unspecified atom stereocenters. The Balaban J connectivity index is 2.76. The minimum atomic E-state index is -0.606. The molecule has 0 aliphatic carbocycles. The van der Waals surface area contributed by atoms with Crippen LogP contribution in [-0.4, -0.2) is 10.8 Å². The van der Waals surface area contributed by atoms with Gasteiger partial charge in [0.2, 0.25) is 5.95 Å². The number of aromatic nitrogens is 1. The second kappa shape index (κ2) is 3.77. The topological polar surface area (TPSA) is 30.0 Å². The molecule has 3 heteroatoms. The molecule has 1 aromatic heterocycles. The Morgan fingerprint density at radius 1 is 1.40 bits per heavy atom. The maximum Gasteiger partial charge on any atom is 0.214 e. The number of para-hydroxylation sites is 1. The van der Waals surface area contributed by atoms with Crippen LogP contribution in [0.15, 0.2) is 30.3 Å². The van der Waals surface area contributed by atoms with Gasteiger partial charge in [-0.2, -0.15) is 4.39 Å². The van der Waals surface area contributed by atoms with E-state index in [1.165, 1.54) is 6.07 Å². The second-order valence-electron chi connectivity index (χ2n) is 3.29. The van der Waals surface area contributed by atoms with Crippen molar-refractivity contribution in [1.82, 2.24) is 4.98 Å². The lowest BCUT2D eigenvalue weighted by Gasteiger charge is -2.03. The molecule has 2 nitrogen and oxygen atoms in total. The van der Waals surface area contributed by atoms with Gasteiger partial charge in [0.05, 0.1) is 5.52 Å². The largest absolute Gasteiger partial charge is 0.294 e. The van der Waals surface area contributed by atoms with E-state index in [-0.39, 0.29) is 5.78 Å². The van der Waals surface area contributed by atoms with E-state index in [1.54, 1.807) is 25.1 Å². The van der Waals surface area contributed by atoms with Gasteiger partial charge in [0.1, 0.15) is 0 Å². The van der Waals surface area contributed by atoms with Crippen LogP contribution in [0.1, 0.15) is 23.7 Å². The van der Waals surface area contributed by atoms with E-state index in [1.807, 2.05) is 6.07 Å². The molecule has 0 aliphatic rings. The minimum Gasteiger partial charge on any atom is -0.294 e. The van der Waals surface area contributed by atoms with Gasteiger partial charge in [0.15, 0.2) is 5.78 Å². The van der Waals surface area contributed by atoms with Crippen molar-refractivity contribution < 1.29 is 9.18 Å². The Labute approximate surface area is 86.8 Å². The Morgan fingerprint density at radius 3 is 2.87 bits per heavy atom. The van der Waals surface area contributed by atoms with E-state index in [9.17, 15) is 9.18 Å². The third-order valence-corrected chi connectivity index (χ3v) is 2.31. The van der Waals surface area contributed by atoms with Gasteiger partial charge < -0.3 is 0 Å². The van der Waals surface area contributed by atoms with Gasteiger partial charge in [-0.15, -0.1) is 0 Å². The fraction of sp³-hybridized carbons (Fsp3) is 0.167. The number of Topliss-reactive ketones (excluding diaryl/α,β-unsaturated/α-hetero) is 1. The molecule has 0 bridgehead atoms. The van der Waals surface area contributed by atoms with Crippen LogP contribution < -0.4 is 0 Å². The predicted octanol–water partition coefficient (Wildman–Crippen LogP) is 2.97. The zero-order chi connectivity index (χ0) is 10.8. The summed E-state index contributed by atoms with van der Waals surface area (Å²) < 4.78 is 13.1. The standard InChI is InChI=1S/C12H10FNO/c1-2-11(15)9-7-12(13)14-10-6-4-3-5-8(9)10/h3-7H,2H2,1H3. The van der Waals surface area contributed by atoms with Gasteiger partial charge >= 0.3 is 0 Å². The maximum absolute atomic E-state index is 13.1. The summed E-state index contributed by atoms with van der Waals surface area (Å²) in [7, 11) is 0. The number of hydrogen-bond donors (Lipinski definition) is 0. The molecule has 0 saturated heterocycles. The monoisotopic (exact) mass is 203 g/mol. The Kier molecular flexibility index (Phi) is 2.46. The molecule has 0 saturated carbocycles. The van der Waals surface area contributed by atoms with Gasteiger partial charge in [-0.25, -0.2) is 4.98 Å². The van der Waals surface area contributed by atoms with Crippen molar-refractivity contribution >= 4 is 16.7 Å². The normalized spacial score (nSPS) is 10.5. The Bertz CT molecular complexity index is 522. The number of carbonyl (C=O) groups excluding carboxylic acids is 1. The number of pyridine rings is 1. The van der Waals surface area contributed by atoms with E-state index in [4.69, 9.17) is 0 Å². The first-order chi connectivity index (χ1) is 7.22. The van der Waals surface area contributed by atoms with Crippen molar-refractivity contribution in [2.45, 2.75) is 13.3 Å². The highest BCUT2D eigenvalue weighted by atomic mass is 19.1. The number of hydrogen-bond acceptors (Lipinski definition) is 2. The molecule has 1 aromatic carbocycles. The average Bonchev–Trinajstić information content (AvgIpc) is 2.26. The molecular weight excluding hydrogens is 193 g/mol. The number of rotatable bonds is 2. The van der Waals surface area contributed by atoms with Crippen LogP contribution in [0, 0.1) is 5.95 Å². The first-order valence-corrected chi connectivity index (χ1v) is 4.81. The maximum atomic E-state index is 13.1. The summed E-state index contributed by atoms with van der Waals surface area (Å²) in [5.74, 6) is -0.669. The Morgan fingerprint density at radius 2 is 2.13 bits per heavy atom. The van der Waals surface area contributed by atoms with Gasteiger partial charge in [-0.1, -0.05) is 25.1 Å². The lowest BCUT2D eigenvalue weighted by atomic mass is 10.0. The molecule has 0 fully saturated rings. The van der Waals surface area contributed by atoms with Crippen LogP contribution in [0.25, 0.3) is 10.9 Å². The van der Waals surface area contributed by atoms with Gasteiger partial charge in [0.25, 0.3) is 0 Å². The quantitative estimate of drug-likeness (QED) is 0.554. The molecule has 15 heavy (non-hydrogen) atoms. The molecular formula is C12H10FNO. The highest BCUT2D eigenvalue weighted by molar-refractivity contribution is 6.06. The number of nitrogens with zero attached hydrogens (tertiary/aromatic N) is 1. The van der Waals surface area contributed by atoms with E-state index >= 15 is 0 Å². The number of benzene rings is 1. The molecule has 2 rings (SSSR count). The van der Waals surface area contributed by atoms with Crippen LogP contribution in [0.2, 0.25) is 0 Å². The summed E-state index contributed by atoms with van der Waals surface area (Å²) in [6.07, 6.45) is 0.368. The lowest BCUT2D eigenvalue weighted by Crippen LogP contribution is -2.00. The smallest absolute Gasteiger partial charge is 0.214 e. The van der Waals surface area contributed by atoms with E-state index in [0.717, 1.165) is 0 Å². The van der Waals surface area contributed by atoms with E-state index < -0.39 is 5.95 Å². The van der Waals surface area contributed by atoms with Crippen LogP contribution >= 0.6 is 0 Å². The fourth-order valence-corrected chi connectivity index (χ4v) is 1.56. The molecule has 0 radical (unpaired) electrons. The molecule has 1 heterocycles. The van der Waals surface area contributed by atoms with E-state index in [2.05, 4.69) is 4.98 Å². The Hall–Kier alpha value is -1.77. The van der Waals surface area contributed by atoms with Crippen molar-refractivity contribution in [1.29, 1.82) is 0 Å². The van der Waals surface area contributed by atoms with Crippen LogP contribution in [0.3, 0.4) is 0 Å². The zero-order valence-corrected chi connectivity index (χ0v) is 8.33. The summed E-state index contributed by atoms with van der Waals surface area (Å²) in [5.41, 5.74) is 0.940. The molecule has 0 amide bonds. The molecule has 2 aromatic rings. The third kappa shape index (κ3) is 1.73. The molecule has 76 valence electrons. The van der Waals surface area contributed by atoms with Gasteiger partial charge in [-0.05, 0) is 6.07 Å². The second-order valence-corrected chi connectivity index (χ2v) is 3.29. The highest BCUT2D eigenvalue weighted by Gasteiger charge is 2.10. The predicted molar refractivity (Wildman–Crippen MR) is 56.3 cm³/mol. The van der Waals surface area contributed by atoms with Crippen molar-refractivity contribution in [3.05, 3.63) is 41.8 Å². The summed E-state index contributed by atoms with van der Waals surface area (Å²) in [6.45, 7) is 1.76. The van der Waals surface area contributed by atoms with E-state index in [0.29, 0.717) is 22.9 Å². The van der Waals surface area contributed by atoms with Crippen LogP contribution in [0.4, 0.5) is 4.39 Å². The zero-order valence-electron chi connectivity index (χ0n) is 8.33. The van der Waals surface area contributed by atoms with Crippen LogP contribution in [-0.2, 0) is 0 Å². The first kappa shape index (κ1) is 9.77. The number of halogens is 1. The average molecular weight is 203 g/mol. The van der Waals surface area contributed by atoms with Gasteiger partial charge in [0, 0.05) is 23.4 Å². The summed E-state index contributed by atoms with van der Waals surface area (Å²) in [6, 6.07) is 8.27. The lowest BCUT2D eigenvalue weighted by molar-refractivity contribution is 0.0989.